The van der Waals surface area contributed by atoms with Crippen molar-refractivity contribution in [1.29, 1.82) is 0 Å². The maximum atomic E-state index is 13.5. The van der Waals surface area contributed by atoms with E-state index in [1.54, 1.807) is 17.3 Å². The lowest BCUT2D eigenvalue weighted by Gasteiger charge is -2.31. The van der Waals surface area contributed by atoms with Crippen molar-refractivity contribution in [3.8, 4) is 34.9 Å². The number of hydrogen-bond acceptors (Lipinski definition) is 8. The third kappa shape index (κ3) is 8.83. The molecule has 4 heterocycles. The summed E-state index contributed by atoms with van der Waals surface area (Å²) < 4.78 is 9.46. The Bertz CT molecular complexity index is 1840. The van der Waals surface area contributed by atoms with Crippen LogP contribution in [0.4, 0.5) is 9.59 Å². The third-order valence-electron chi connectivity index (χ3n) is 9.60. The fraction of sp³-hybridized carbons (Fsp3) is 0.487. The van der Waals surface area contributed by atoms with E-state index in [-0.39, 0.29) is 35.7 Å². The smallest absolute Gasteiger partial charge is 0.407 e. The number of aromatic nitrogens is 2. The van der Waals surface area contributed by atoms with Gasteiger partial charge in [0.05, 0.1) is 38.2 Å². The summed E-state index contributed by atoms with van der Waals surface area (Å²) in [6.45, 7) is 8.76. The number of rotatable bonds is 9. The molecule has 52 heavy (non-hydrogen) atoms. The Morgan fingerprint density at radius 2 is 1.38 bits per heavy atom. The number of hydrogen-bond donors (Lipinski definition) is 3. The summed E-state index contributed by atoms with van der Waals surface area (Å²) in [5, 5.41) is 5.35. The standard InChI is InChI=1S/C39H47N7O6/c1-24(2)33(43-38(49)51-5)36(47)45-19-9-13-31(45)29-21-27(22-40-29)12-8-7-11-26-15-17-28(18-16-26)30-23-41-35(42-30)32-14-10-20-46(32)37(48)34(25(3)4)44-39(50)52-6/h15-18,22-25,31-34H,9-10,13-14,19-21H2,1-6H3,(H,41,42)(H,43,49)(H,44,50)/t31-,32-,33-,34-/m0/s1. The van der Waals surface area contributed by atoms with Crippen LogP contribution in [0.2, 0.25) is 0 Å². The van der Waals surface area contributed by atoms with E-state index in [1.807, 2.05) is 56.9 Å². The first kappa shape index (κ1) is 37.7. The summed E-state index contributed by atoms with van der Waals surface area (Å²) >= 11 is 0. The second-order valence-electron chi connectivity index (χ2n) is 13.8. The predicted molar refractivity (Wildman–Crippen MR) is 196 cm³/mol. The molecular formula is C39H47N7O6. The molecule has 13 nitrogen and oxygen atoms in total. The molecule has 0 radical (unpaired) electrons. The number of carbonyl (C=O) groups excluding carboxylic acids is 4. The van der Waals surface area contributed by atoms with Crippen LogP contribution in [0, 0.1) is 35.5 Å². The largest absolute Gasteiger partial charge is 0.453 e. The van der Waals surface area contributed by atoms with Gasteiger partial charge in [0.15, 0.2) is 0 Å². The molecule has 5 rings (SSSR count). The van der Waals surface area contributed by atoms with Crippen LogP contribution in [0.5, 0.6) is 0 Å². The number of aromatic amines is 1. The molecule has 4 amide bonds. The van der Waals surface area contributed by atoms with Crippen LogP contribution in [0.25, 0.3) is 11.3 Å². The zero-order valence-corrected chi connectivity index (χ0v) is 30.6. The Kier molecular flexibility index (Phi) is 12.4. The van der Waals surface area contributed by atoms with Gasteiger partial charge in [-0.2, -0.15) is 0 Å². The molecule has 0 aliphatic carbocycles. The molecule has 2 fully saturated rings. The van der Waals surface area contributed by atoms with E-state index in [9.17, 15) is 19.2 Å². The summed E-state index contributed by atoms with van der Waals surface area (Å²) in [6, 6.07) is 6.04. The minimum atomic E-state index is -0.691. The van der Waals surface area contributed by atoms with Crippen LogP contribution in [-0.4, -0.2) is 94.9 Å². The average Bonchev–Trinajstić information content (AvgIpc) is 3.97. The quantitative estimate of drug-likeness (QED) is 0.322. The number of amides is 4. The van der Waals surface area contributed by atoms with Crippen molar-refractivity contribution >= 4 is 29.7 Å². The van der Waals surface area contributed by atoms with Gasteiger partial charge in [-0.3, -0.25) is 14.6 Å². The van der Waals surface area contributed by atoms with Crippen LogP contribution in [-0.2, 0) is 19.1 Å². The monoisotopic (exact) mass is 709 g/mol. The van der Waals surface area contributed by atoms with E-state index in [0.29, 0.717) is 25.3 Å². The summed E-state index contributed by atoms with van der Waals surface area (Å²) in [5.41, 5.74) is 4.29. The molecule has 0 unspecified atom stereocenters. The Morgan fingerprint density at radius 1 is 0.827 bits per heavy atom. The maximum absolute atomic E-state index is 13.5. The number of allylic oxidation sites excluding steroid dienone is 1. The van der Waals surface area contributed by atoms with E-state index in [2.05, 4.69) is 49.3 Å². The van der Waals surface area contributed by atoms with E-state index in [0.717, 1.165) is 53.8 Å². The molecule has 0 bridgehead atoms. The van der Waals surface area contributed by atoms with E-state index < -0.39 is 24.3 Å². The molecular weight excluding hydrogens is 662 g/mol. The van der Waals surface area contributed by atoms with Crippen molar-refractivity contribution < 1.29 is 28.7 Å². The minimum Gasteiger partial charge on any atom is -0.453 e. The number of methoxy groups -OCH3 is 2. The number of nitrogens with one attached hydrogen (secondary N) is 3. The first-order valence-corrected chi connectivity index (χ1v) is 17.7. The molecule has 2 aromatic rings. The number of likely N-dealkylation sites (tertiary alicyclic amines) is 2. The maximum Gasteiger partial charge on any atom is 0.407 e. The zero-order chi connectivity index (χ0) is 37.4. The number of aliphatic imine (C=N–C) groups is 1. The van der Waals surface area contributed by atoms with Gasteiger partial charge in [0, 0.05) is 42.6 Å². The van der Waals surface area contributed by atoms with Gasteiger partial charge < -0.3 is 34.9 Å². The number of imidazole rings is 1. The van der Waals surface area contributed by atoms with Crippen LogP contribution >= 0.6 is 0 Å². The minimum absolute atomic E-state index is 0.0968. The number of carbonyl (C=O) groups is 4. The first-order chi connectivity index (χ1) is 25.0. The van der Waals surface area contributed by atoms with Crippen molar-refractivity contribution in [1.82, 2.24) is 30.4 Å². The molecule has 3 aliphatic rings. The van der Waals surface area contributed by atoms with Gasteiger partial charge in [0.2, 0.25) is 11.8 Å². The molecule has 3 aliphatic heterocycles. The number of ether oxygens (including phenoxy) is 2. The Balaban J connectivity index is 1.16. The average molecular weight is 710 g/mol. The molecule has 0 saturated carbocycles. The van der Waals surface area contributed by atoms with Crippen LogP contribution < -0.4 is 10.6 Å². The summed E-state index contributed by atoms with van der Waals surface area (Å²) in [6.07, 6.45) is 6.09. The fourth-order valence-electron chi connectivity index (χ4n) is 6.78. The topological polar surface area (TPSA) is 158 Å². The number of benzene rings is 1. The molecule has 2 saturated heterocycles. The highest BCUT2D eigenvalue weighted by molar-refractivity contribution is 5.98. The van der Waals surface area contributed by atoms with Crippen LogP contribution in [0.1, 0.15) is 77.2 Å². The van der Waals surface area contributed by atoms with Crippen molar-refractivity contribution in [3.63, 3.8) is 0 Å². The normalized spacial score (nSPS) is 19.2. The highest BCUT2D eigenvalue weighted by Gasteiger charge is 2.39. The number of nitrogens with zero attached hydrogens (tertiary/aromatic N) is 4. The van der Waals surface area contributed by atoms with Gasteiger partial charge in [-0.15, -0.1) is 0 Å². The van der Waals surface area contributed by atoms with Crippen molar-refractivity contribution in [2.24, 2.45) is 16.8 Å². The first-order valence-electron chi connectivity index (χ1n) is 17.7. The second-order valence-corrected chi connectivity index (χ2v) is 13.8. The summed E-state index contributed by atoms with van der Waals surface area (Å²) in [5.74, 6) is 12.3. The number of H-pyrrole nitrogens is 1. The molecule has 274 valence electrons. The third-order valence-corrected chi connectivity index (χ3v) is 9.60. The highest BCUT2D eigenvalue weighted by Crippen LogP contribution is 2.33. The lowest BCUT2D eigenvalue weighted by atomic mass is 10.00. The Hall–Kier alpha value is -5.56. The van der Waals surface area contributed by atoms with Gasteiger partial charge >= 0.3 is 12.2 Å². The molecule has 4 atom stereocenters. The van der Waals surface area contributed by atoms with Gasteiger partial charge in [0.25, 0.3) is 0 Å². The molecule has 0 spiro atoms. The van der Waals surface area contributed by atoms with Crippen LogP contribution in [0.15, 0.2) is 47.2 Å². The molecule has 13 heteroatoms. The SMILES string of the molecule is COC(=O)N[C@H](C(=O)N1CCC[C@H]1C1=NC=C(C#CC#Cc2ccc(-c3cnc([C@@H]4CCCN4C(=O)[C@@H](NC(=O)OC)C(C)C)[nH]3)cc2)C1)C(C)C. The van der Waals surface area contributed by atoms with Crippen molar-refractivity contribution in [2.45, 2.75) is 84.0 Å². The van der Waals surface area contributed by atoms with E-state index in [4.69, 9.17) is 9.47 Å². The Morgan fingerprint density at radius 3 is 1.96 bits per heavy atom. The van der Waals surface area contributed by atoms with E-state index >= 15 is 0 Å². The summed E-state index contributed by atoms with van der Waals surface area (Å²) in [7, 11) is 2.56. The predicted octanol–water partition coefficient (Wildman–Crippen LogP) is 4.58. The second kappa shape index (κ2) is 17.1. The van der Waals surface area contributed by atoms with E-state index in [1.165, 1.54) is 14.2 Å². The van der Waals surface area contributed by atoms with Crippen molar-refractivity contribution in [3.05, 3.63) is 53.6 Å². The lowest BCUT2D eigenvalue weighted by Crippen LogP contribution is -2.53. The van der Waals surface area contributed by atoms with Gasteiger partial charge in [-0.1, -0.05) is 51.7 Å². The molecule has 1 aromatic heterocycles. The lowest BCUT2D eigenvalue weighted by molar-refractivity contribution is -0.135. The Labute approximate surface area is 305 Å². The summed E-state index contributed by atoms with van der Waals surface area (Å²) in [4.78, 5) is 66.8. The molecule has 1 aromatic carbocycles. The fourth-order valence-corrected chi connectivity index (χ4v) is 6.78. The number of alkyl carbamates (subject to hydrolysis) is 2. The molecule has 3 N–H and O–H groups in total. The van der Waals surface area contributed by atoms with Gasteiger partial charge in [-0.05, 0) is 67.1 Å². The van der Waals surface area contributed by atoms with Crippen molar-refractivity contribution in [2.75, 3.05) is 27.3 Å². The highest BCUT2D eigenvalue weighted by atomic mass is 16.5. The van der Waals surface area contributed by atoms with Gasteiger partial charge in [-0.25, -0.2) is 14.6 Å². The zero-order valence-electron chi connectivity index (χ0n) is 30.6. The van der Waals surface area contributed by atoms with Gasteiger partial charge in [0.1, 0.15) is 17.9 Å². The van der Waals surface area contributed by atoms with Crippen LogP contribution in [0.3, 0.4) is 0 Å².